The lowest BCUT2D eigenvalue weighted by molar-refractivity contribution is 0.0600. The summed E-state index contributed by atoms with van der Waals surface area (Å²) in [5, 5.41) is 3.10. The van der Waals surface area contributed by atoms with E-state index in [1.807, 2.05) is 0 Å². The van der Waals surface area contributed by atoms with Gasteiger partial charge in [0.05, 0.1) is 19.3 Å². The fourth-order valence-corrected chi connectivity index (χ4v) is 4.85. The molecule has 1 aromatic rings. The highest BCUT2D eigenvalue weighted by molar-refractivity contribution is 6.76. The average Bonchev–Trinajstić information content (AvgIpc) is 2.78. The van der Waals surface area contributed by atoms with Crippen molar-refractivity contribution in [3.8, 4) is 0 Å². The molecule has 8 heteroatoms. The topological polar surface area (TPSA) is 84.9 Å². The van der Waals surface area contributed by atoms with E-state index in [1.54, 1.807) is 30.1 Å². The summed E-state index contributed by atoms with van der Waals surface area (Å²) in [5.74, 6) is -0.215. The zero-order valence-corrected chi connectivity index (χ0v) is 21.8. The number of rotatable bonds is 10. The van der Waals surface area contributed by atoms with E-state index in [9.17, 15) is 14.4 Å². The summed E-state index contributed by atoms with van der Waals surface area (Å²) in [5.41, 5.74) is 0.726. The average molecular weight is 477 g/mol. The Hall–Kier alpha value is -2.35. The van der Waals surface area contributed by atoms with Crippen molar-refractivity contribution in [3.63, 3.8) is 0 Å². The number of amides is 2. The molecule has 33 heavy (non-hydrogen) atoms. The minimum atomic E-state index is -1.28. The van der Waals surface area contributed by atoms with Gasteiger partial charge in [0.2, 0.25) is 0 Å². The van der Waals surface area contributed by atoms with Gasteiger partial charge < -0.3 is 19.7 Å². The quantitative estimate of drug-likeness (QED) is 0.381. The van der Waals surface area contributed by atoms with Crippen molar-refractivity contribution >= 4 is 26.0 Å². The second-order valence-corrected chi connectivity index (χ2v) is 15.9. The van der Waals surface area contributed by atoms with E-state index in [1.165, 1.54) is 32.4 Å². The van der Waals surface area contributed by atoms with Crippen LogP contribution in [-0.2, 0) is 9.47 Å². The predicted octanol–water partition coefficient (Wildman–Crippen LogP) is 4.95. The zero-order valence-electron chi connectivity index (χ0n) is 20.8. The minimum absolute atomic E-state index is 0.197. The van der Waals surface area contributed by atoms with Crippen LogP contribution in [0.1, 0.15) is 59.2 Å². The maximum Gasteiger partial charge on any atom is 0.409 e. The van der Waals surface area contributed by atoms with E-state index in [0.29, 0.717) is 30.2 Å². The van der Waals surface area contributed by atoms with E-state index in [0.717, 1.165) is 25.3 Å². The number of nitrogens with zero attached hydrogens (tertiary/aromatic N) is 1. The molecule has 1 N–H and O–H groups in total. The number of carbonyl (C=O) groups excluding carboxylic acids is 3. The van der Waals surface area contributed by atoms with Crippen molar-refractivity contribution in [2.24, 2.45) is 5.92 Å². The number of benzene rings is 1. The molecule has 7 nitrogen and oxygen atoms in total. The molecule has 0 heterocycles. The van der Waals surface area contributed by atoms with E-state index in [4.69, 9.17) is 9.47 Å². The van der Waals surface area contributed by atoms with Crippen LogP contribution in [0.2, 0.25) is 25.7 Å². The zero-order chi connectivity index (χ0) is 24.4. The smallest absolute Gasteiger partial charge is 0.409 e. The normalized spacial score (nSPS) is 15.4. The van der Waals surface area contributed by atoms with Gasteiger partial charge in [-0.1, -0.05) is 57.8 Å². The molecule has 1 aromatic carbocycles. The number of methoxy groups -OCH3 is 1. The molecule has 0 bridgehead atoms. The molecule has 0 unspecified atom stereocenters. The molecule has 0 spiro atoms. The molecule has 0 radical (unpaired) electrons. The summed E-state index contributed by atoms with van der Waals surface area (Å²) in [6.45, 7) is 7.55. The first-order valence-corrected chi connectivity index (χ1v) is 15.7. The molecule has 0 aromatic heterocycles. The van der Waals surface area contributed by atoms with Gasteiger partial charge in [-0.05, 0) is 36.6 Å². The van der Waals surface area contributed by atoms with E-state index >= 15 is 0 Å². The number of carbonyl (C=O) groups is 3. The lowest BCUT2D eigenvalue weighted by Gasteiger charge is -2.30. The number of ether oxygens (including phenoxy) is 2. The van der Waals surface area contributed by atoms with Crippen LogP contribution < -0.4 is 5.32 Å². The van der Waals surface area contributed by atoms with Crippen LogP contribution in [0.5, 0.6) is 0 Å². The third kappa shape index (κ3) is 9.58. The molecule has 1 saturated carbocycles. The number of esters is 1. The monoisotopic (exact) mass is 476 g/mol. The van der Waals surface area contributed by atoms with Crippen molar-refractivity contribution in [1.29, 1.82) is 0 Å². The Bertz CT molecular complexity index is 802. The lowest BCUT2D eigenvalue weighted by Crippen LogP contribution is -2.45. The number of hydrogen-bond acceptors (Lipinski definition) is 5. The molecule has 1 aliphatic rings. The van der Waals surface area contributed by atoms with Gasteiger partial charge in [0.25, 0.3) is 5.91 Å². The van der Waals surface area contributed by atoms with E-state index in [-0.39, 0.29) is 18.0 Å². The summed E-state index contributed by atoms with van der Waals surface area (Å²) in [7, 11) is 1.75. The summed E-state index contributed by atoms with van der Waals surface area (Å²) in [4.78, 5) is 38.9. The molecule has 184 valence electrons. The van der Waals surface area contributed by atoms with Crippen LogP contribution in [0.25, 0.3) is 0 Å². The van der Waals surface area contributed by atoms with Gasteiger partial charge in [0, 0.05) is 33.3 Å². The van der Waals surface area contributed by atoms with Gasteiger partial charge in [-0.15, -0.1) is 0 Å². The first kappa shape index (κ1) is 26.9. The maximum absolute atomic E-state index is 13.0. The third-order valence-corrected chi connectivity index (χ3v) is 7.81. The summed E-state index contributed by atoms with van der Waals surface area (Å²) >= 11 is 0. The van der Waals surface area contributed by atoms with Crippen LogP contribution in [0.3, 0.4) is 0 Å². The second kappa shape index (κ2) is 12.8. The van der Waals surface area contributed by atoms with Crippen molar-refractivity contribution < 1.29 is 23.9 Å². The van der Waals surface area contributed by atoms with E-state index < -0.39 is 14.0 Å². The fraction of sp³-hybridized carbons (Fsp3) is 0.640. The Balaban J connectivity index is 2.04. The first-order valence-electron chi connectivity index (χ1n) is 12.0. The molecule has 2 amide bonds. The maximum atomic E-state index is 13.0. The van der Waals surface area contributed by atoms with Crippen LogP contribution in [-0.4, -0.2) is 64.3 Å². The Kier molecular flexibility index (Phi) is 10.4. The van der Waals surface area contributed by atoms with Gasteiger partial charge in [-0.25, -0.2) is 9.59 Å². The van der Waals surface area contributed by atoms with Gasteiger partial charge in [-0.2, -0.15) is 0 Å². The second-order valence-electron chi connectivity index (χ2n) is 10.3. The summed E-state index contributed by atoms with van der Waals surface area (Å²) in [6.07, 6.45) is 6.43. The highest BCUT2D eigenvalue weighted by Gasteiger charge is 2.25. The first-order chi connectivity index (χ1) is 15.6. The largest absolute Gasteiger partial charge is 0.465 e. The molecule has 2 rings (SSSR count). The molecule has 1 aliphatic carbocycles. The number of likely N-dealkylation sites (N-methyl/N-ethyl adjacent to an activating group) is 1. The molecule has 1 fully saturated rings. The predicted molar refractivity (Wildman–Crippen MR) is 132 cm³/mol. The third-order valence-electron chi connectivity index (χ3n) is 6.11. The highest BCUT2D eigenvalue weighted by Crippen LogP contribution is 2.27. The SMILES string of the molecule is COC(=O)c1cccc(C(=O)N[C@@H](CC2CCCCC2)CN(C)C(=O)OCC[Si](C)(C)C)c1. The highest BCUT2D eigenvalue weighted by atomic mass is 28.3. The molecular weight excluding hydrogens is 436 g/mol. The van der Waals surface area contributed by atoms with Crippen molar-refractivity contribution in [2.75, 3.05) is 27.3 Å². The Morgan fingerprint density at radius 1 is 1.12 bits per heavy atom. The van der Waals surface area contributed by atoms with Crippen LogP contribution >= 0.6 is 0 Å². The van der Waals surface area contributed by atoms with Crippen LogP contribution in [0, 0.1) is 5.92 Å². The number of nitrogens with one attached hydrogen (secondary N) is 1. The molecule has 0 aliphatic heterocycles. The summed E-state index contributed by atoms with van der Waals surface area (Å²) < 4.78 is 10.2. The van der Waals surface area contributed by atoms with Gasteiger partial charge in [0.1, 0.15) is 0 Å². The van der Waals surface area contributed by atoms with Crippen molar-refractivity contribution in [1.82, 2.24) is 10.2 Å². The molecular formula is C25H40N2O5Si. The molecule has 1 atom stereocenters. The fourth-order valence-electron chi connectivity index (χ4n) is 4.14. The van der Waals surface area contributed by atoms with Crippen LogP contribution in [0.15, 0.2) is 24.3 Å². The Morgan fingerprint density at radius 3 is 2.42 bits per heavy atom. The number of hydrogen-bond donors (Lipinski definition) is 1. The lowest BCUT2D eigenvalue weighted by atomic mass is 9.84. The Morgan fingerprint density at radius 2 is 1.79 bits per heavy atom. The van der Waals surface area contributed by atoms with Crippen molar-refractivity contribution in [2.45, 2.75) is 70.3 Å². The van der Waals surface area contributed by atoms with Crippen LogP contribution in [0.4, 0.5) is 4.79 Å². The molecule has 0 saturated heterocycles. The van der Waals surface area contributed by atoms with E-state index in [2.05, 4.69) is 25.0 Å². The van der Waals surface area contributed by atoms with Gasteiger partial charge >= 0.3 is 12.1 Å². The Labute approximate surface area is 199 Å². The summed E-state index contributed by atoms with van der Waals surface area (Å²) in [6, 6.07) is 7.22. The van der Waals surface area contributed by atoms with Gasteiger partial charge in [0.15, 0.2) is 0 Å². The van der Waals surface area contributed by atoms with Crippen molar-refractivity contribution in [3.05, 3.63) is 35.4 Å². The minimum Gasteiger partial charge on any atom is -0.465 e. The standard InChI is InChI=1S/C25H40N2O5Si/c1-27(25(30)32-14-15-33(3,4)5)18-22(16-19-10-7-6-8-11-19)26-23(28)20-12-9-13-21(17-20)24(29)31-2/h9,12-13,17,19,22H,6-8,10-11,14-16,18H2,1-5H3,(H,26,28)/t22-/m0/s1. The van der Waals surface area contributed by atoms with Gasteiger partial charge in [-0.3, -0.25) is 4.79 Å².